The monoisotopic (exact) mass is 175 g/mol. The first-order valence-electron chi connectivity index (χ1n) is 2.26. The molecule has 0 spiro atoms. The van der Waals surface area contributed by atoms with Gasteiger partial charge in [0.15, 0.2) is 10.6 Å². The summed E-state index contributed by atoms with van der Waals surface area (Å²) in [7, 11) is 1.81. The van der Waals surface area contributed by atoms with E-state index in [1.807, 2.05) is 19.2 Å². The molecule has 0 fully saturated rings. The van der Waals surface area contributed by atoms with Crippen molar-refractivity contribution >= 4 is 21.8 Å². The van der Waals surface area contributed by atoms with Gasteiger partial charge in [0.25, 0.3) is 0 Å². The molecule has 1 heterocycles. The Kier molecular flexibility index (Phi) is 1.58. The van der Waals surface area contributed by atoms with Gasteiger partial charge in [-0.2, -0.15) is 0 Å². The summed E-state index contributed by atoms with van der Waals surface area (Å²) in [4.78, 5) is 0. The van der Waals surface area contributed by atoms with Crippen LogP contribution in [0.4, 0.5) is 5.88 Å². The van der Waals surface area contributed by atoms with E-state index in [-0.39, 0.29) is 0 Å². The fourth-order valence-electron chi connectivity index (χ4n) is 0.449. The minimum atomic E-state index is 0.752. The van der Waals surface area contributed by atoms with Crippen LogP contribution in [0.15, 0.2) is 21.2 Å². The lowest BCUT2D eigenvalue weighted by Crippen LogP contribution is -1.81. The molecule has 0 bridgehead atoms. The third-order valence-corrected chi connectivity index (χ3v) is 1.25. The largest absolute Gasteiger partial charge is 0.434 e. The summed E-state index contributed by atoms with van der Waals surface area (Å²) in [6, 6.07) is 3.69. The van der Waals surface area contributed by atoms with Gasteiger partial charge in [0.2, 0.25) is 0 Å². The molecule has 0 radical (unpaired) electrons. The summed E-state index contributed by atoms with van der Waals surface area (Å²) < 4.78 is 5.79. The number of anilines is 1. The number of hydrogen-bond donors (Lipinski definition) is 1. The van der Waals surface area contributed by atoms with Gasteiger partial charge in [-0.05, 0) is 22.0 Å². The Hall–Kier alpha value is -0.440. The van der Waals surface area contributed by atoms with Crippen LogP contribution in [-0.4, -0.2) is 7.05 Å². The number of nitrogens with one attached hydrogen (secondary N) is 1. The fraction of sp³-hybridized carbons (Fsp3) is 0.200. The highest BCUT2D eigenvalue weighted by Crippen LogP contribution is 2.16. The highest BCUT2D eigenvalue weighted by Gasteiger charge is 1.91. The van der Waals surface area contributed by atoms with Crippen LogP contribution in [0.3, 0.4) is 0 Å². The first-order valence-corrected chi connectivity index (χ1v) is 3.05. The zero-order valence-corrected chi connectivity index (χ0v) is 6.03. The van der Waals surface area contributed by atoms with Crippen LogP contribution in [-0.2, 0) is 0 Å². The lowest BCUT2D eigenvalue weighted by molar-refractivity contribution is 0.557. The third-order valence-electron chi connectivity index (χ3n) is 0.820. The minimum absolute atomic E-state index is 0.752. The summed E-state index contributed by atoms with van der Waals surface area (Å²) in [6.07, 6.45) is 0. The normalized spacial score (nSPS) is 9.25. The Morgan fingerprint density at radius 2 is 2.38 bits per heavy atom. The first kappa shape index (κ1) is 5.69. The van der Waals surface area contributed by atoms with E-state index < -0.39 is 0 Å². The standard InChI is InChI=1S/C5H6BrNO/c1-7-5-3-2-4(6)8-5/h2-3,7H,1H3. The predicted molar refractivity (Wildman–Crippen MR) is 36.0 cm³/mol. The molecule has 0 saturated heterocycles. The Bertz CT molecular complexity index is 173. The molecule has 0 atom stereocenters. The molecule has 0 aliphatic rings. The molecule has 3 heteroatoms. The van der Waals surface area contributed by atoms with Gasteiger partial charge in [0.1, 0.15) is 0 Å². The van der Waals surface area contributed by atoms with Gasteiger partial charge in [-0.3, -0.25) is 0 Å². The summed E-state index contributed by atoms with van der Waals surface area (Å²) in [5.41, 5.74) is 0. The molecule has 0 unspecified atom stereocenters. The van der Waals surface area contributed by atoms with Gasteiger partial charge >= 0.3 is 0 Å². The highest BCUT2D eigenvalue weighted by atomic mass is 79.9. The zero-order chi connectivity index (χ0) is 5.98. The van der Waals surface area contributed by atoms with Crippen molar-refractivity contribution in [3.63, 3.8) is 0 Å². The molecule has 1 rings (SSSR count). The van der Waals surface area contributed by atoms with Crippen molar-refractivity contribution in [2.45, 2.75) is 0 Å². The number of hydrogen-bond acceptors (Lipinski definition) is 2. The smallest absolute Gasteiger partial charge is 0.194 e. The maximum Gasteiger partial charge on any atom is 0.194 e. The van der Waals surface area contributed by atoms with Gasteiger partial charge in [-0.25, -0.2) is 0 Å². The second-order valence-corrected chi connectivity index (χ2v) is 2.14. The summed E-state index contributed by atoms with van der Waals surface area (Å²) in [5.74, 6) is 0.775. The molecule has 8 heavy (non-hydrogen) atoms. The van der Waals surface area contributed by atoms with E-state index in [0.717, 1.165) is 10.6 Å². The number of halogens is 1. The molecular formula is C5H6BrNO. The lowest BCUT2D eigenvalue weighted by Gasteiger charge is -1.87. The van der Waals surface area contributed by atoms with Gasteiger partial charge in [0, 0.05) is 13.1 Å². The summed E-state index contributed by atoms with van der Waals surface area (Å²) >= 11 is 3.17. The van der Waals surface area contributed by atoms with Crippen molar-refractivity contribution < 1.29 is 4.42 Å². The van der Waals surface area contributed by atoms with Crippen LogP contribution >= 0.6 is 15.9 Å². The van der Waals surface area contributed by atoms with Crippen molar-refractivity contribution in [1.29, 1.82) is 0 Å². The van der Waals surface area contributed by atoms with E-state index in [4.69, 9.17) is 4.42 Å². The van der Waals surface area contributed by atoms with E-state index in [1.54, 1.807) is 0 Å². The van der Waals surface area contributed by atoms with Crippen molar-refractivity contribution in [2.75, 3.05) is 12.4 Å². The molecular weight excluding hydrogens is 170 g/mol. The van der Waals surface area contributed by atoms with Crippen LogP contribution in [0, 0.1) is 0 Å². The van der Waals surface area contributed by atoms with E-state index >= 15 is 0 Å². The van der Waals surface area contributed by atoms with Crippen LogP contribution in [0.25, 0.3) is 0 Å². The molecule has 2 nitrogen and oxygen atoms in total. The van der Waals surface area contributed by atoms with Gasteiger partial charge in [-0.15, -0.1) is 0 Å². The zero-order valence-electron chi connectivity index (χ0n) is 4.44. The fourth-order valence-corrected chi connectivity index (χ4v) is 0.755. The number of furan rings is 1. The Labute approximate surface area is 56.0 Å². The molecule has 0 aliphatic carbocycles. The highest BCUT2D eigenvalue weighted by molar-refractivity contribution is 9.10. The Morgan fingerprint density at radius 3 is 2.62 bits per heavy atom. The minimum Gasteiger partial charge on any atom is -0.434 e. The molecule has 1 aromatic rings. The van der Waals surface area contributed by atoms with Gasteiger partial charge in [-0.1, -0.05) is 0 Å². The van der Waals surface area contributed by atoms with Gasteiger partial charge in [0.05, 0.1) is 0 Å². The van der Waals surface area contributed by atoms with Crippen LogP contribution < -0.4 is 5.32 Å². The second-order valence-electron chi connectivity index (χ2n) is 1.35. The van der Waals surface area contributed by atoms with E-state index in [1.165, 1.54) is 0 Å². The van der Waals surface area contributed by atoms with Crippen LogP contribution in [0.2, 0.25) is 0 Å². The lowest BCUT2D eigenvalue weighted by atomic mass is 10.6. The summed E-state index contributed by atoms with van der Waals surface area (Å²) in [5, 5.41) is 2.85. The number of rotatable bonds is 1. The topological polar surface area (TPSA) is 25.2 Å². The predicted octanol–water partition coefficient (Wildman–Crippen LogP) is 2.08. The summed E-state index contributed by atoms with van der Waals surface area (Å²) in [6.45, 7) is 0. The molecule has 0 aliphatic heterocycles. The van der Waals surface area contributed by atoms with Crippen LogP contribution in [0.5, 0.6) is 0 Å². The quantitative estimate of drug-likeness (QED) is 0.708. The average Bonchev–Trinajstić information content (AvgIpc) is 2.14. The van der Waals surface area contributed by atoms with Crippen molar-refractivity contribution in [1.82, 2.24) is 0 Å². The molecule has 1 N–H and O–H groups in total. The van der Waals surface area contributed by atoms with Crippen molar-refractivity contribution in [3.8, 4) is 0 Å². The van der Waals surface area contributed by atoms with E-state index in [0.29, 0.717) is 0 Å². The maximum absolute atomic E-state index is 5.04. The van der Waals surface area contributed by atoms with Gasteiger partial charge < -0.3 is 9.73 Å². The Balaban J connectivity index is 2.84. The van der Waals surface area contributed by atoms with Crippen molar-refractivity contribution in [2.24, 2.45) is 0 Å². The SMILES string of the molecule is CNc1ccc(Br)o1. The molecule has 0 aromatic carbocycles. The molecule has 0 amide bonds. The molecule has 1 aromatic heterocycles. The van der Waals surface area contributed by atoms with E-state index in [2.05, 4.69) is 21.2 Å². The molecule has 44 valence electrons. The van der Waals surface area contributed by atoms with Crippen molar-refractivity contribution in [3.05, 3.63) is 16.8 Å². The Morgan fingerprint density at radius 1 is 1.62 bits per heavy atom. The van der Waals surface area contributed by atoms with Crippen LogP contribution in [0.1, 0.15) is 0 Å². The third kappa shape index (κ3) is 1.04. The van der Waals surface area contributed by atoms with E-state index in [9.17, 15) is 0 Å². The average molecular weight is 176 g/mol. The maximum atomic E-state index is 5.04. The first-order chi connectivity index (χ1) is 3.83. The second kappa shape index (κ2) is 2.22. The molecule has 0 saturated carbocycles.